The van der Waals surface area contributed by atoms with Crippen LogP contribution in [0.1, 0.15) is 13.3 Å². The first-order valence-corrected chi connectivity index (χ1v) is 11.5. The van der Waals surface area contributed by atoms with Crippen molar-refractivity contribution in [1.82, 2.24) is 0 Å². The van der Waals surface area contributed by atoms with Gasteiger partial charge in [-0.3, -0.25) is 0 Å². The number of esters is 1. The minimum Gasteiger partial charge on any atom is -0.462 e. The normalized spacial score (nSPS) is 11.5. The fourth-order valence-corrected chi connectivity index (χ4v) is 3.57. The highest BCUT2D eigenvalue weighted by molar-refractivity contribution is 6.60. The van der Waals surface area contributed by atoms with Gasteiger partial charge >= 0.3 is 23.6 Å². The van der Waals surface area contributed by atoms with Crippen LogP contribution in [0.25, 0.3) is 0 Å². The molecule has 0 amide bonds. The van der Waals surface area contributed by atoms with E-state index in [1.54, 1.807) is 49.6 Å². The minimum absolute atomic E-state index is 0.316. The number of ether oxygens (including phenoxy) is 1. The molecular formula is C14H32O8Si2. The van der Waals surface area contributed by atoms with Crippen molar-refractivity contribution >= 4 is 23.6 Å². The van der Waals surface area contributed by atoms with Gasteiger partial charge in [-0.15, -0.1) is 0 Å². The maximum Gasteiger partial charge on any atom is 0.500 e. The quantitative estimate of drug-likeness (QED) is 0.231. The summed E-state index contributed by atoms with van der Waals surface area (Å²) in [6.07, 6.45) is 0.640. The van der Waals surface area contributed by atoms with Crippen molar-refractivity contribution in [3.8, 4) is 0 Å². The third-order valence-corrected chi connectivity index (χ3v) is 8.31. The van der Waals surface area contributed by atoms with E-state index >= 15 is 0 Å². The molecule has 0 saturated carbocycles. The van der Waals surface area contributed by atoms with Gasteiger partial charge in [0.2, 0.25) is 0 Å². The smallest absolute Gasteiger partial charge is 0.462 e. The van der Waals surface area contributed by atoms with Gasteiger partial charge in [-0.1, -0.05) is 6.58 Å². The van der Waals surface area contributed by atoms with Crippen molar-refractivity contribution in [1.29, 1.82) is 0 Å². The second-order valence-corrected chi connectivity index (χ2v) is 10.8. The summed E-state index contributed by atoms with van der Waals surface area (Å²) in [6, 6.07) is 0.611. The Morgan fingerprint density at radius 1 is 0.875 bits per heavy atom. The highest BCUT2D eigenvalue weighted by atomic mass is 28.4. The zero-order chi connectivity index (χ0) is 19.2. The molecule has 0 aromatic carbocycles. The predicted octanol–water partition coefficient (Wildman–Crippen LogP) is 1.87. The molecule has 0 bridgehead atoms. The molecule has 0 N–H and O–H groups in total. The Bertz CT molecular complexity index is 340. The second kappa shape index (κ2) is 13.7. The molecule has 0 spiro atoms. The highest BCUT2D eigenvalue weighted by Crippen LogP contribution is 2.14. The van der Waals surface area contributed by atoms with E-state index < -0.39 is 17.6 Å². The van der Waals surface area contributed by atoms with E-state index in [1.165, 1.54) is 0 Å². The van der Waals surface area contributed by atoms with Crippen LogP contribution in [0.3, 0.4) is 0 Å². The van der Waals surface area contributed by atoms with E-state index in [9.17, 15) is 4.79 Å². The number of rotatable bonds is 11. The van der Waals surface area contributed by atoms with Crippen molar-refractivity contribution < 1.29 is 36.1 Å². The standard InChI is InChI=1S/C10H20O5Si.C4H12O3Si/c1-9(2)10(11)15-7-6-8-16(12-3,13-4)14-5;1-5-8(4,6-2)7-3/h1,6-8H2,2-5H3;1-4H3. The number of carbonyl (C=O) groups is 1. The summed E-state index contributed by atoms with van der Waals surface area (Å²) >= 11 is 0. The van der Waals surface area contributed by atoms with Crippen LogP contribution in [-0.2, 0) is 36.1 Å². The van der Waals surface area contributed by atoms with E-state index in [-0.39, 0.29) is 5.97 Å². The number of hydrogen-bond acceptors (Lipinski definition) is 8. The van der Waals surface area contributed by atoms with Gasteiger partial charge in [-0.25, -0.2) is 4.79 Å². The summed E-state index contributed by atoms with van der Waals surface area (Å²) in [7, 11) is 4.71. The number of carbonyl (C=O) groups excluding carboxylic acids is 1. The predicted molar refractivity (Wildman–Crippen MR) is 94.6 cm³/mol. The molecule has 0 rings (SSSR count). The second-order valence-electron chi connectivity index (χ2n) is 4.79. The van der Waals surface area contributed by atoms with Gasteiger partial charge in [0.05, 0.1) is 6.61 Å². The van der Waals surface area contributed by atoms with Crippen LogP contribution in [0, 0.1) is 0 Å². The molecule has 8 nitrogen and oxygen atoms in total. The van der Waals surface area contributed by atoms with E-state index in [0.717, 1.165) is 0 Å². The molecule has 0 aliphatic heterocycles. The molecule has 0 aromatic heterocycles. The van der Waals surface area contributed by atoms with Crippen LogP contribution in [-0.4, -0.2) is 72.8 Å². The Morgan fingerprint density at radius 2 is 1.29 bits per heavy atom. The Morgan fingerprint density at radius 3 is 1.54 bits per heavy atom. The van der Waals surface area contributed by atoms with E-state index in [2.05, 4.69) is 6.58 Å². The van der Waals surface area contributed by atoms with Crippen molar-refractivity contribution in [2.45, 2.75) is 25.9 Å². The van der Waals surface area contributed by atoms with E-state index in [4.69, 9.17) is 31.3 Å². The third-order valence-electron chi connectivity index (χ3n) is 3.25. The van der Waals surface area contributed by atoms with Crippen LogP contribution < -0.4 is 0 Å². The molecule has 0 unspecified atom stereocenters. The maximum atomic E-state index is 11.1. The molecule has 24 heavy (non-hydrogen) atoms. The molecule has 144 valence electrons. The highest BCUT2D eigenvalue weighted by Gasteiger charge is 2.37. The first-order valence-electron chi connectivity index (χ1n) is 7.33. The minimum atomic E-state index is -2.53. The van der Waals surface area contributed by atoms with Gasteiger partial charge in [0.15, 0.2) is 0 Å². The summed E-state index contributed by atoms with van der Waals surface area (Å²) in [5, 5.41) is 0. The van der Waals surface area contributed by atoms with Gasteiger partial charge in [0.1, 0.15) is 0 Å². The summed E-state index contributed by atoms with van der Waals surface area (Å²) in [6.45, 7) is 7.25. The molecular weight excluding hydrogens is 352 g/mol. The summed E-state index contributed by atoms with van der Waals surface area (Å²) in [5.41, 5.74) is 0.397. The lowest BCUT2D eigenvalue weighted by Crippen LogP contribution is -2.42. The van der Waals surface area contributed by atoms with Gasteiger partial charge in [-0.2, -0.15) is 0 Å². The van der Waals surface area contributed by atoms with Crippen molar-refractivity contribution in [3.05, 3.63) is 12.2 Å². The Kier molecular flexibility index (Phi) is 14.6. The molecule has 0 saturated heterocycles. The monoisotopic (exact) mass is 384 g/mol. The molecule has 0 atom stereocenters. The maximum absolute atomic E-state index is 11.1. The van der Waals surface area contributed by atoms with Crippen molar-refractivity contribution in [3.63, 3.8) is 0 Å². The van der Waals surface area contributed by atoms with Crippen LogP contribution in [0.2, 0.25) is 12.6 Å². The Labute approximate surface area is 147 Å². The first kappa shape index (κ1) is 25.6. The van der Waals surface area contributed by atoms with Gasteiger partial charge < -0.3 is 31.3 Å². The largest absolute Gasteiger partial charge is 0.500 e. The zero-order valence-electron chi connectivity index (χ0n) is 16.1. The van der Waals surface area contributed by atoms with E-state index in [1.807, 2.05) is 6.55 Å². The summed E-state index contributed by atoms with van der Waals surface area (Å²) in [5.74, 6) is -0.375. The lowest BCUT2D eigenvalue weighted by Gasteiger charge is -2.24. The molecule has 10 heteroatoms. The SMILES string of the molecule is C=C(C)C(=O)OCCC[Si](OC)(OC)OC.CO[Si](C)(OC)OC. The molecule has 0 aromatic rings. The van der Waals surface area contributed by atoms with Crippen LogP contribution in [0.4, 0.5) is 0 Å². The van der Waals surface area contributed by atoms with Crippen LogP contribution in [0.5, 0.6) is 0 Å². The third kappa shape index (κ3) is 10.3. The average molecular weight is 385 g/mol. The lowest BCUT2D eigenvalue weighted by molar-refractivity contribution is -0.139. The zero-order valence-corrected chi connectivity index (χ0v) is 18.1. The Balaban J connectivity index is 0. The molecule has 0 radical (unpaired) electrons. The van der Waals surface area contributed by atoms with Crippen LogP contribution in [0.15, 0.2) is 12.2 Å². The van der Waals surface area contributed by atoms with Crippen molar-refractivity contribution in [2.24, 2.45) is 0 Å². The lowest BCUT2D eigenvalue weighted by atomic mass is 10.4. The molecule has 0 aliphatic rings. The molecule has 0 aliphatic carbocycles. The van der Waals surface area contributed by atoms with Crippen molar-refractivity contribution in [2.75, 3.05) is 49.3 Å². The summed E-state index contributed by atoms with van der Waals surface area (Å²) < 4.78 is 35.4. The van der Waals surface area contributed by atoms with Gasteiger partial charge in [0, 0.05) is 60.8 Å². The topological polar surface area (TPSA) is 81.7 Å². The van der Waals surface area contributed by atoms with Gasteiger partial charge in [-0.05, 0) is 13.3 Å². The van der Waals surface area contributed by atoms with Gasteiger partial charge in [0.25, 0.3) is 0 Å². The average Bonchev–Trinajstić information content (AvgIpc) is 2.62. The fraction of sp³-hybridized carbons (Fsp3) is 0.786. The first-order chi connectivity index (χ1) is 11.2. The van der Waals surface area contributed by atoms with Crippen LogP contribution >= 0.6 is 0 Å². The number of hydrogen-bond donors (Lipinski definition) is 0. The molecule has 0 heterocycles. The fourth-order valence-electron chi connectivity index (χ4n) is 1.38. The molecule has 0 fully saturated rings. The summed E-state index contributed by atoms with van der Waals surface area (Å²) in [4.78, 5) is 11.1. The Hall–Kier alpha value is -0.596. The van der Waals surface area contributed by atoms with E-state index in [0.29, 0.717) is 24.6 Å².